The van der Waals surface area contributed by atoms with Gasteiger partial charge in [0.1, 0.15) is 17.3 Å². The zero-order valence-corrected chi connectivity index (χ0v) is 16.9. The van der Waals surface area contributed by atoms with Gasteiger partial charge < -0.3 is 15.8 Å². The Kier molecular flexibility index (Phi) is 6.85. The van der Waals surface area contributed by atoms with Gasteiger partial charge in [0.25, 0.3) is 5.91 Å². The van der Waals surface area contributed by atoms with Gasteiger partial charge >= 0.3 is 0 Å². The fourth-order valence-electron chi connectivity index (χ4n) is 3.26. The Morgan fingerprint density at radius 3 is 2.59 bits per heavy atom. The molecule has 3 rings (SSSR count). The van der Waals surface area contributed by atoms with Crippen molar-refractivity contribution >= 4 is 11.7 Å². The summed E-state index contributed by atoms with van der Waals surface area (Å²) in [5.41, 5.74) is 8.32. The van der Waals surface area contributed by atoms with E-state index in [4.69, 9.17) is 10.5 Å². The summed E-state index contributed by atoms with van der Waals surface area (Å²) < 4.78 is 6.13. The average Bonchev–Trinajstić information content (AvgIpc) is 2.74. The molecule has 0 saturated heterocycles. The maximum atomic E-state index is 12.2. The Morgan fingerprint density at radius 1 is 1.10 bits per heavy atom. The molecule has 3 aromatic rings. The van der Waals surface area contributed by atoms with Gasteiger partial charge in [-0.3, -0.25) is 4.79 Å². The molecule has 5 heteroatoms. The van der Waals surface area contributed by atoms with Gasteiger partial charge in [-0.05, 0) is 53.8 Å². The molecular weight excluding hydrogens is 362 g/mol. The highest BCUT2D eigenvalue weighted by molar-refractivity contribution is 5.98. The van der Waals surface area contributed by atoms with Gasteiger partial charge in [0, 0.05) is 12.7 Å². The number of aromatic nitrogens is 1. The summed E-state index contributed by atoms with van der Waals surface area (Å²) in [7, 11) is 0. The number of benzene rings is 2. The molecule has 5 nitrogen and oxygen atoms in total. The summed E-state index contributed by atoms with van der Waals surface area (Å²) in [5.74, 6) is 2.10. The molecule has 1 atom stereocenters. The Labute approximate surface area is 171 Å². The molecule has 0 aliphatic rings. The number of anilines is 1. The lowest BCUT2D eigenvalue weighted by molar-refractivity contribution is 0.0951. The van der Waals surface area contributed by atoms with E-state index in [2.05, 4.69) is 36.3 Å². The molecular formula is C24H27N3O2. The quantitative estimate of drug-likeness (QED) is 0.549. The molecule has 0 saturated carbocycles. The SMILES string of the molecule is CCCC(C)c1ccccc1Oc1ccc(CNC(=O)c2cccnc2N)cc1. The lowest BCUT2D eigenvalue weighted by Crippen LogP contribution is -2.24. The molecule has 0 radical (unpaired) electrons. The summed E-state index contributed by atoms with van der Waals surface area (Å²) in [5, 5.41) is 2.86. The fraction of sp³-hybridized carbons (Fsp3) is 0.250. The largest absolute Gasteiger partial charge is 0.457 e. The first-order chi connectivity index (χ1) is 14.1. The number of nitrogens with one attached hydrogen (secondary N) is 1. The minimum atomic E-state index is -0.241. The van der Waals surface area contributed by atoms with Gasteiger partial charge in [0.15, 0.2) is 0 Å². The summed E-state index contributed by atoms with van der Waals surface area (Å²) in [6.07, 6.45) is 3.83. The molecule has 150 valence electrons. The van der Waals surface area contributed by atoms with Crippen molar-refractivity contribution in [2.24, 2.45) is 0 Å². The highest BCUT2D eigenvalue weighted by atomic mass is 16.5. The standard InChI is InChI=1S/C24H27N3O2/c1-3-7-17(2)20-8-4-5-10-22(20)29-19-13-11-18(12-14-19)16-27-24(28)21-9-6-15-26-23(21)25/h4-6,8-15,17H,3,7,16H2,1-2H3,(H2,25,26)(H,27,28). The second-order valence-corrected chi connectivity index (χ2v) is 7.09. The van der Waals surface area contributed by atoms with Crippen LogP contribution < -0.4 is 15.8 Å². The zero-order valence-electron chi connectivity index (χ0n) is 16.9. The molecule has 0 bridgehead atoms. The molecule has 1 aromatic heterocycles. The van der Waals surface area contributed by atoms with E-state index in [0.717, 1.165) is 29.9 Å². The number of ether oxygens (including phenoxy) is 1. The number of rotatable bonds is 8. The average molecular weight is 389 g/mol. The predicted molar refractivity (Wildman–Crippen MR) is 116 cm³/mol. The topological polar surface area (TPSA) is 77.2 Å². The van der Waals surface area contributed by atoms with E-state index in [1.54, 1.807) is 18.3 Å². The number of carbonyl (C=O) groups excluding carboxylic acids is 1. The molecule has 1 heterocycles. The van der Waals surface area contributed by atoms with Crippen molar-refractivity contribution in [3.8, 4) is 11.5 Å². The highest BCUT2D eigenvalue weighted by Gasteiger charge is 2.12. The van der Waals surface area contributed by atoms with E-state index < -0.39 is 0 Å². The monoisotopic (exact) mass is 389 g/mol. The first-order valence-electron chi connectivity index (χ1n) is 9.93. The smallest absolute Gasteiger partial charge is 0.255 e. The van der Waals surface area contributed by atoms with Crippen LogP contribution in [0.15, 0.2) is 66.9 Å². The van der Waals surface area contributed by atoms with Crippen LogP contribution in [-0.2, 0) is 6.54 Å². The second kappa shape index (κ2) is 9.73. The van der Waals surface area contributed by atoms with Crippen molar-refractivity contribution in [3.63, 3.8) is 0 Å². The molecule has 1 amide bonds. The van der Waals surface area contributed by atoms with Gasteiger partial charge in [-0.25, -0.2) is 4.98 Å². The Bertz CT molecular complexity index is 954. The van der Waals surface area contributed by atoms with E-state index >= 15 is 0 Å². The number of nitrogens with two attached hydrogens (primary N) is 1. The molecule has 29 heavy (non-hydrogen) atoms. The maximum Gasteiger partial charge on any atom is 0.255 e. The van der Waals surface area contributed by atoms with E-state index in [-0.39, 0.29) is 11.7 Å². The lowest BCUT2D eigenvalue weighted by atomic mass is 9.96. The van der Waals surface area contributed by atoms with E-state index in [0.29, 0.717) is 18.0 Å². The maximum absolute atomic E-state index is 12.2. The van der Waals surface area contributed by atoms with Crippen molar-refractivity contribution in [1.29, 1.82) is 0 Å². The number of hydrogen-bond donors (Lipinski definition) is 2. The highest BCUT2D eigenvalue weighted by Crippen LogP contribution is 2.32. The molecule has 1 unspecified atom stereocenters. The van der Waals surface area contributed by atoms with Crippen molar-refractivity contribution in [1.82, 2.24) is 10.3 Å². The molecule has 0 fully saturated rings. The van der Waals surface area contributed by atoms with Crippen LogP contribution in [0.1, 0.15) is 54.1 Å². The second-order valence-electron chi connectivity index (χ2n) is 7.09. The van der Waals surface area contributed by atoms with Crippen LogP contribution in [0.2, 0.25) is 0 Å². The Balaban J connectivity index is 1.63. The number of hydrogen-bond acceptors (Lipinski definition) is 4. The first kappa shape index (κ1) is 20.4. The van der Waals surface area contributed by atoms with Gasteiger partial charge in [-0.2, -0.15) is 0 Å². The van der Waals surface area contributed by atoms with Gasteiger partial charge in [-0.1, -0.05) is 50.6 Å². The lowest BCUT2D eigenvalue weighted by Gasteiger charge is -2.16. The van der Waals surface area contributed by atoms with Crippen LogP contribution in [0.25, 0.3) is 0 Å². The fourth-order valence-corrected chi connectivity index (χ4v) is 3.26. The predicted octanol–water partition coefficient (Wildman–Crippen LogP) is 5.29. The van der Waals surface area contributed by atoms with Crippen molar-refractivity contribution in [2.45, 2.75) is 39.2 Å². The summed E-state index contributed by atoms with van der Waals surface area (Å²) in [6, 6.07) is 19.3. The number of nitrogens with zero attached hydrogens (tertiary/aromatic N) is 1. The number of pyridine rings is 1. The van der Waals surface area contributed by atoms with Gasteiger partial charge in [0.05, 0.1) is 5.56 Å². The third kappa shape index (κ3) is 5.35. The summed E-state index contributed by atoms with van der Waals surface area (Å²) >= 11 is 0. The molecule has 0 aliphatic heterocycles. The molecule has 2 aromatic carbocycles. The third-order valence-electron chi connectivity index (χ3n) is 4.86. The zero-order chi connectivity index (χ0) is 20.6. The van der Waals surface area contributed by atoms with Crippen LogP contribution in [0, 0.1) is 0 Å². The van der Waals surface area contributed by atoms with Gasteiger partial charge in [-0.15, -0.1) is 0 Å². The van der Waals surface area contributed by atoms with Gasteiger partial charge in [0.2, 0.25) is 0 Å². The van der Waals surface area contributed by atoms with Crippen molar-refractivity contribution in [2.75, 3.05) is 5.73 Å². The Hall–Kier alpha value is -3.34. The number of para-hydroxylation sites is 1. The molecule has 3 N–H and O–H groups in total. The minimum absolute atomic E-state index is 0.227. The number of nitrogen functional groups attached to an aromatic ring is 1. The summed E-state index contributed by atoms with van der Waals surface area (Å²) in [6.45, 7) is 4.82. The normalized spacial score (nSPS) is 11.7. The van der Waals surface area contributed by atoms with Crippen LogP contribution in [0.4, 0.5) is 5.82 Å². The Morgan fingerprint density at radius 2 is 1.86 bits per heavy atom. The minimum Gasteiger partial charge on any atom is -0.457 e. The van der Waals surface area contributed by atoms with E-state index in [9.17, 15) is 4.79 Å². The molecule has 0 spiro atoms. The van der Waals surface area contributed by atoms with Crippen molar-refractivity contribution < 1.29 is 9.53 Å². The van der Waals surface area contributed by atoms with E-state index in [1.807, 2.05) is 36.4 Å². The number of amides is 1. The molecule has 0 aliphatic carbocycles. The number of carbonyl (C=O) groups is 1. The van der Waals surface area contributed by atoms with Crippen LogP contribution in [0.5, 0.6) is 11.5 Å². The summed E-state index contributed by atoms with van der Waals surface area (Å²) in [4.78, 5) is 16.2. The van der Waals surface area contributed by atoms with Crippen LogP contribution in [0.3, 0.4) is 0 Å². The third-order valence-corrected chi connectivity index (χ3v) is 4.86. The van der Waals surface area contributed by atoms with E-state index in [1.165, 1.54) is 5.56 Å². The van der Waals surface area contributed by atoms with Crippen LogP contribution >= 0.6 is 0 Å². The van der Waals surface area contributed by atoms with Crippen molar-refractivity contribution in [3.05, 3.63) is 83.6 Å². The first-order valence-corrected chi connectivity index (χ1v) is 9.93. The van der Waals surface area contributed by atoms with Crippen LogP contribution in [-0.4, -0.2) is 10.9 Å².